The van der Waals surface area contributed by atoms with Crippen LogP contribution in [0.5, 0.6) is 11.5 Å². The lowest BCUT2D eigenvalue weighted by Crippen LogP contribution is -2.50. The van der Waals surface area contributed by atoms with Crippen molar-refractivity contribution >= 4 is 23.6 Å². The average molecular weight is 363 g/mol. The lowest BCUT2D eigenvalue weighted by molar-refractivity contribution is -0.134. The van der Waals surface area contributed by atoms with Crippen LogP contribution in [-0.2, 0) is 9.59 Å². The molecule has 1 atom stereocenters. The maximum absolute atomic E-state index is 12.3. The van der Waals surface area contributed by atoms with Crippen LogP contribution in [0, 0.1) is 0 Å². The van der Waals surface area contributed by atoms with Gasteiger partial charge in [-0.05, 0) is 18.6 Å². The molecule has 1 saturated heterocycles. The van der Waals surface area contributed by atoms with E-state index in [9.17, 15) is 14.4 Å². The van der Waals surface area contributed by atoms with Crippen LogP contribution in [0.1, 0.15) is 12.8 Å². The number of amides is 3. The summed E-state index contributed by atoms with van der Waals surface area (Å²) in [6, 6.07) is 4.89. The van der Waals surface area contributed by atoms with Crippen LogP contribution in [-0.4, -0.2) is 67.3 Å². The van der Waals surface area contributed by atoms with Crippen molar-refractivity contribution < 1.29 is 29.0 Å². The molecule has 0 saturated carbocycles. The first kappa shape index (κ1) is 17.8. The van der Waals surface area contributed by atoms with Gasteiger partial charge in [0.25, 0.3) is 5.91 Å². The van der Waals surface area contributed by atoms with E-state index in [-0.39, 0.29) is 30.9 Å². The predicted molar refractivity (Wildman–Crippen MR) is 91.6 cm³/mol. The second-order valence-electron chi connectivity index (χ2n) is 6.19. The molecule has 1 unspecified atom stereocenters. The number of carbonyl (C=O) groups is 3. The lowest BCUT2D eigenvalue weighted by Gasteiger charge is -2.35. The quantitative estimate of drug-likeness (QED) is 0.796. The molecule has 3 rings (SSSR count). The number of methoxy groups -OCH3 is 1. The molecule has 0 radical (unpaired) electrons. The highest BCUT2D eigenvalue weighted by molar-refractivity contribution is 5.98. The summed E-state index contributed by atoms with van der Waals surface area (Å²) in [4.78, 5) is 38.4. The van der Waals surface area contributed by atoms with Gasteiger partial charge in [-0.2, -0.15) is 0 Å². The number of nitrogens with zero attached hydrogens (tertiary/aromatic N) is 2. The van der Waals surface area contributed by atoms with Gasteiger partial charge in [-0.3, -0.25) is 9.59 Å². The number of hydrogen-bond donors (Lipinski definition) is 2. The lowest BCUT2D eigenvalue weighted by atomic mass is 10.0. The van der Waals surface area contributed by atoms with Crippen LogP contribution >= 0.6 is 0 Å². The Balaban J connectivity index is 1.64. The maximum Gasteiger partial charge on any atom is 0.404 e. The van der Waals surface area contributed by atoms with E-state index in [0.29, 0.717) is 43.2 Å². The Bertz CT molecular complexity index is 722. The van der Waals surface area contributed by atoms with Gasteiger partial charge >= 0.3 is 6.09 Å². The zero-order valence-corrected chi connectivity index (χ0v) is 14.4. The third kappa shape index (κ3) is 3.81. The molecule has 0 bridgehead atoms. The SMILES string of the molecule is COc1ccc2c(c1)N(CCN1CCC(NC(=O)O)CC1=O)C(=O)CO2. The number of fused-ring (bicyclic) bond motifs is 1. The van der Waals surface area contributed by atoms with Crippen molar-refractivity contribution in [3.63, 3.8) is 0 Å². The van der Waals surface area contributed by atoms with Crippen molar-refractivity contribution in [1.29, 1.82) is 0 Å². The zero-order valence-electron chi connectivity index (χ0n) is 14.4. The van der Waals surface area contributed by atoms with Crippen molar-refractivity contribution in [3.05, 3.63) is 18.2 Å². The summed E-state index contributed by atoms with van der Waals surface area (Å²) < 4.78 is 10.6. The van der Waals surface area contributed by atoms with E-state index in [1.165, 1.54) is 0 Å². The first-order valence-electron chi connectivity index (χ1n) is 8.36. The molecule has 140 valence electrons. The molecule has 2 aliphatic heterocycles. The smallest absolute Gasteiger partial charge is 0.404 e. The minimum atomic E-state index is -1.12. The first-order valence-corrected chi connectivity index (χ1v) is 8.36. The minimum absolute atomic E-state index is 0.0438. The Morgan fingerprint density at radius 2 is 2.15 bits per heavy atom. The number of nitrogens with one attached hydrogen (secondary N) is 1. The predicted octanol–water partition coefficient (Wildman–Crippen LogP) is 0.679. The molecular formula is C17H21N3O6. The van der Waals surface area contributed by atoms with Gasteiger partial charge in [0.1, 0.15) is 11.5 Å². The van der Waals surface area contributed by atoms with Gasteiger partial charge in [0.2, 0.25) is 5.91 Å². The number of hydrogen-bond acceptors (Lipinski definition) is 5. The average Bonchev–Trinajstić information content (AvgIpc) is 2.61. The molecule has 2 heterocycles. The highest BCUT2D eigenvalue weighted by Crippen LogP contribution is 2.35. The molecule has 1 fully saturated rings. The topological polar surface area (TPSA) is 108 Å². The van der Waals surface area contributed by atoms with E-state index in [1.807, 2.05) is 0 Å². The molecule has 26 heavy (non-hydrogen) atoms. The molecule has 0 spiro atoms. The summed E-state index contributed by atoms with van der Waals surface area (Å²) in [5.41, 5.74) is 0.621. The highest BCUT2D eigenvalue weighted by Gasteiger charge is 2.30. The van der Waals surface area contributed by atoms with Gasteiger partial charge in [-0.1, -0.05) is 0 Å². The van der Waals surface area contributed by atoms with Crippen molar-refractivity contribution in [2.75, 3.05) is 38.3 Å². The van der Waals surface area contributed by atoms with Crippen molar-refractivity contribution in [2.45, 2.75) is 18.9 Å². The van der Waals surface area contributed by atoms with Crippen molar-refractivity contribution in [1.82, 2.24) is 10.2 Å². The first-order chi connectivity index (χ1) is 12.5. The van der Waals surface area contributed by atoms with E-state index >= 15 is 0 Å². The molecule has 2 N–H and O–H groups in total. The molecule has 9 nitrogen and oxygen atoms in total. The Hall–Kier alpha value is -2.97. The maximum atomic E-state index is 12.3. The fourth-order valence-electron chi connectivity index (χ4n) is 3.19. The number of likely N-dealkylation sites (tertiary alicyclic amines) is 1. The number of ether oxygens (including phenoxy) is 2. The fourth-order valence-corrected chi connectivity index (χ4v) is 3.19. The number of carboxylic acid groups (broad SMARTS) is 1. The zero-order chi connectivity index (χ0) is 18.7. The third-order valence-corrected chi connectivity index (χ3v) is 4.55. The van der Waals surface area contributed by atoms with Gasteiger partial charge in [0.05, 0.1) is 12.8 Å². The number of benzene rings is 1. The van der Waals surface area contributed by atoms with Crippen molar-refractivity contribution in [2.24, 2.45) is 0 Å². The summed E-state index contributed by atoms with van der Waals surface area (Å²) in [6.45, 7) is 1.12. The van der Waals surface area contributed by atoms with Gasteiger partial charge in [-0.15, -0.1) is 0 Å². The van der Waals surface area contributed by atoms with E-state index < -0.39 is 6.09 Å². The summed E-state index contributed by atoms with van der Waals surface area (Å²) in [5, 5.41) is 11.1. The third-order valence-electron chi connectivity index (χ3n) is 4.55. The Labute approximate surface area is 150 Å². The Morgan fingerprint density at radius 3 is 2.85 bits per heavy atom. The van der Waals surface area contributed by atoms with E-state index in [0.717, 1.165) is 0 Å². The molecule has 9 heteroatoms. The number of anilines is 1. The molecule has 3 amide bonds. The molecule has 1 aromatic rings. The minimum Gasteiger partial charge on any atom is -0.497 e. The molecule has 0 aliphatic carbocycles. The number of rotatable bonds is 5. The highest BCUT2D eigenvalue weighted by atomic mass is 16.5. The second-order valence-corrected chi connectivity index (χ2v) is 6.19. The van der Waals surface area contributed by atoms with E-state index in [1.54, 1.807) is 35.1 Å². The molecule has 2 aliphatic rings. The van der Waals surface area contributed by atoms with Crippen LogP contribution in [0.3, 0.4) is 0 Å². The number of piperidine rings is 1. The van der Waals surface area contributed by atoms with Crippen LogP contribution in [0.2, 0.25) is 0 Å². The summed E-state index contributed by atoms with van der Waals surface area (Å²) in [5.74, 6) is 0.909. The van der Waals surface area contributed by atoms with Crippen LogP contribution in [0.15, 0.2) is 18.2 Å². The van der Waals surface area contributed by atoms with E-state index in [4.69, 9.17) is 14.6 Å². The van der Waals surface area contributed by atoms with Crippen LogP contribution in [0.25, 0.3) is 0 Å². The van der Waals surface area contributed by atoms with Gasteiger partial charge < -0.3 is 29.7 Å². The van der Waals surface area contributed by atoms with Crippen molar-refractivity contribution in [3.8, 4) is 11.5 Å². The standard InChI is InChI=1S/C17H21N3O6/c1-25-12-2-3-14-13(9-12)20(16(22)10-26-14)7-6-19-5-4-11(8-15(19)21)18-17(23)24/h2-3,9,11,18H,4-8,10H2,1H3,(H,23,24). The fraction of sp³-hybridized carbons (Fsp3) is 0.471. The Morgan fingerprint density at radius 1 is 1.35 bits per heavy atom. The Kier molecular flexibility index (Phi) is 5.15. The van der Waals surface area contributed by atoms with Crippen LogP contribution in [0.4, 0.5) is 10.5 Å². The van der Waals surface area contributed by atoms with Gasteiger partial charge in [0.15, 0.2) is 6.61 Å². The van der Waals surface area contributed by atoms with Gasteiger partial charge in [-0.25, -0.2) is 4.79 Å². The monoisotopic (exact) mass is 363 g/mol. The summed E-state index contributed by atoms with van der Waals surface area (Å²) >= 11 is 0. The van der Waals surface area contributed by atoms with E-state index in [2.05, 4.69) is 5.32 Å². The number of carbonyl (C=O) groups excluding carboxylic acids is 2. The molecule has 1 aromatic carbocycles. The largest absolute Gasteiger partial charge is 0.497 e. The second kappa shape index (κ2) is 7.51. The van der Waals surface area contributed by atoms with Gasteiger partial charge in [0, 0.05) is 38.2 Å². The summed E-state index contributed by atoms with van der Waals surface area (Å²) in [6.07, 6.45) is -0.437. The molecular weight excluding hydrogens is 342 g/mol. The normalized spacial score (nSPS) is 19.7. The summed E-state index contributed by atoms with van der Waals surface area (Å²) in [7, 11) is 1.55. The van der Waals surface area contributed by atoms with Crippen LogP contribution < -0.4 is 19.7 Å². The molecule has 0 aromatic heterocycles.